The fourth-order valence-corrected chi connectivity index (χ4v) is 9.87. The van der Waals surface area contributed by atoms with Gasteiger partial charge in [0.1, 0.15) is 0 Å². The topological polar surface area (TPSA) is 69.6 Å². The van der Waals surface area contributed by atoms with Gasteiger partial charge in [0, 0.05) is 6.42 Å². The van der Waals surface area contributed by atoms with Crippen LogP contribution in [0.1, 0.15) is 328 Å². The largest absolute Gasteiger partial charge is 0.394 e. The van der Waals surface area contributed by atoms with E-state index in [0.717, 1.165) is 70.6 Å². The molecular formula is C71H127NO3. The van der Waals surface area contributed by atoms with Crippen LogP contribution >= 0.6 is 0 Å². The standard InChI is InChI=1S/C71H127NO3/c1-3-5-7-9-11-13-15-17-19-21-23-25-27-29-31-32-33-34-35-36-37-38-39-40-41-43-45-47-49-51-53-55-57-59-61-63-65-67-71(75)72-69(68-73)70(74)66-64-62-60-58-56-54-52-50-48-46-44-42-30-28-26-24-22-20-18-16-14-12-10-8-6-4-2/h5,7,11,13,17,19,23,25,29,31,33-34,36-37,64,66,69-70,73-74H,3-4,6,8-10,12,14-16,18,20-22,24,26-28,30,32,35,38-63,65,67-68H2,1-2H3,(H,72,75)/b7-5-,13-11-,19-17-,25-23-,31-29-,34-33-,37-36-,66-64+. The normalized spacial score (nSPS) is 13.4. The van der Waals surface area contributed by atoms with Gasteiger partial charge in [-0.25, -0.2) is 0 Å². The summed E-state index contributed by atoms with van der Waals surface area (Å²) in [5.41, 5.74) is 0. The van der Waals surface area contributed by atoms with E-state index in [1.165, 1.54) is 238 Å². The van der Waals surface area contributed by atoms with Gasteiger partial charge in [-0.3, -0.25) is 4.79 Å². The Hall–Kier alpha value is -2.69. The first-order valence-corrected chi connectivity index (χ1v) is 33.0. The lowest BCUT2D eigenvalue weighted by molar-refractivity contribution is -0.123. The molecule has 0 spiro atoms. The third-order valence-electron chi connectivity index (χ3n) is 14.8. The highest BCUT2D eigenvalue weighted by molar-refractivity contribution is 5.76. The van der Waals surface area contributed by atoms with Crippen molar-refractivity contribution < 1.29 is 15.0 Å². The molecule has 0 bridgehead atoms. The number of aliphatic hydroxyl groups is 2. The van der Waals surface area contributed by atoms with E-state index in [1.54, 1.807) is 6.08 Å². The summed E-state index contributed by atoms with van der Waals surface area (Å²) in [7, 11) is 0. The van der Waals surface area contributed by atoms with Crippen molar-refractivity contribution in [3.05, 3.63) is 97.2 Å². The van der Waals surface area contributed by atoms with Gasteiger partial charge in [0.05, 0.1) is 18.8 Å². The van der Waals surface area contributed by atoms with Crippen LogP contribution < -0.4 is 5.32 Å². The summed E-state index contributed by atoms with van der Waals surface area (Å²) >= 11 is 0. The van der Waals surface area contributed by atoms with Crippen LogP contribution in [0.25, 0.3) is 0 Å². The Morgan fingerprint density at radius 3 is 0.880 bits per heavy atom. The van der Waals surface area contributed by atoms with E-state index in [4.69, 9.17) is 0 Å². The van der Waals surface area contributed by atoms with Crippen molar-refractivity contribution in [2.45, 2.75) is 341 Å². The van der Waals surface area contributed by atoms with E-state index in [2.05, 4.69) is 104 Å². The fourth-order valence-electron chi connectivity index (χ4n) is 9.87. The molecule has 0 aromatic heterocycles. The minimum Gasteiger partial charge on any atom is -0.394 e. The number of nitrogens with one attached hydrogen (secondary N) is 1. The maximum Gasteiger partial charge on any atom is 0.220 e. The Morgan fingerprint density at radius 2 is 0.587 bits per heavy atom. The Bertz CT molecular complexity index is 1370. The van der Waals surface area contributed by atoms with Gasteiger partial charge in [-0.05, 0) is 77.0 Å². The Labute approximate surface area is 468 Å². The molecule has 0 aliphatic heterocycles. The number of aliphatic hydroxyl groups excluding tert-OH is 2. The molecule has 0 heterocycles. The highest BCUT2D eigenvalue weighted by atomic mass is 16.3. The summed E-state index contributed by atoms with van der Waals surface area (Å²) in [4.78, 5) is 12.5. The summed E-state index contributed by atoms with van der Waals surface area (Å²) in [6.07, 6.45) is 97.5. The molecule has 4 nitrogen and oxygen atoms in total. The van der Waals surface area contributed by atoms with Crippen molar-refractivity contribution in [2.75, 3.05) is 6.61 Å². The molecule has 75 heavy (non-hydrogen) atoms. The maximum absolute atomic E-state index is 12.5. The molecule has 0 aromatic carbocycles. The summed E-state index contributed by atoms with van der Waals surface area (Å²) in [5, 5.41) is 23.3. The number of carbonyl (C=O) groups is 1. The monoisotopic (exact) mass is 1040 g/mol. The van der Waals surface area contributed by atoms with E-state index in [9.17, 15) is 15.0 Å². The van der Waals surface area contributed by atoms with Crippen LogP contribution in [0.4, 0.5) is 0 Å². The van der Waals surface area contributed by atoms with Crippen LogP contribution in [0.15, 0.2) is 97.2 Å². The van der Waals surface area contributed by atoms with Crippen molar-refractivity contribution in [3.63, 3.8) is 0 Å². The zero-order valence-corrected chi connectivity index (χ0v) is 50.1. The lowest BCUT2D eigenvalue weighted by atomic mass is 10.0. The average molecular weight is 1040 g/mol. The summed E-state index contributed by atoms with van der Waals surface area (Å²) in [6.45, 7) is 4.22. The zero-order chi connectivity index (χ0) is 54.1. The molecule has 0 aromatic rings. The molecular weight excluding hydrogens is 915 g/mol. The molecule has 0 fully saturated rings. The van der Waals surface area contributed by atoms with E-state index < -0.39 is 12.1 Å². The SMILES string of the molecule is CC/C=C\C/C=C\C/C=C\C/C=C\C/C=C\C/C=C\C/C=C\CCCCCCCCCCCCCCCCCC(=O)NC(CO)C(O)/C=C/CCCCCCCCCCCCCCCCCCCCCCCCCC. The molecule has 434 valence electrons. The summed E-state index contributed by atoms with van der Waals surface area (Å²) in [6, 6.07) is -0.628. The molecule has 4 heteroatoms. The smallest absolute Gasteiger partial charge is 0.220 e. The van der Waals surface area contributed by atoms with Gasteiger partial charge in [-0.2, -0.15) is 0 Å². The van der Waals surface area contributed by atoms with Crippen molar-refractivity contribution in [1.82, 2.24) is 5.32 Å². The van der Waals surface area contributed by atoms with Crippen LogP contribution in [0.2, 0.25) is 0 Å². The molecule has 0 aliphatic rings. The highest BCUT2D eigenvalue weighted by Gasteiger charge is 2.18. The second-order valence-electron chi connectivity index (χ2n) is 22.2. The molecule has 1 amide bonds. The van der Waals surface area contributed by atoms with Crippen molar-refractivity contribution in [2.24, 2.45) is 0 Å². The Kier molecular flexibility index (Phi) is 63.2. The molecule has 0 saturated heterocycles. The number of hydrogen-bond acceptors (Lipinski definition) is 3. The minimum absolute atomic E-state index is 0.0629. The number of hydrogen-bond donors (Lipinski definition) is 3. The predicted octanol–water partition coefficient (Wildman–Crippen LogP) is 22.4. The van der Waals surface area contributed by atoms with Gasteiger partial charge in [0.25, 0.3) is 0 Å². The Morgan fingerprint density at radius 1 is 0.333 bits per heavy atom. The van der Waals surface area contributed by atoms with Crippen molar-refractivity contribution in [1.29, 1.82) is 0 Å². The molecule has 0 radical (unpaired) electrons. The molecule has 0 rings (SSSR count). The first-order chi connectivity index (χ1) is 37.2. The van der Waals surface area contributed by atoms with Crippen LogP contribution in [-0.2, 0) is 4.79 Å². The molecule has 0 aliphatic carbocycles. The van der Waals surface area contributed by atoms with Crippen molar-refractivity contribution in [3.8, 4) is 0 Å². The maximum atomic E-state index is 12.5. The van der Waals surface area contributed by atoms with Gasteiger partial charge < -0.3 is 15.5 Å². The second kappa shape index (κ2) is 65.6. The third kappa shape index (κ3) is 62.0. The number of carbonyl (C=O) groups excluding carboxylic acids is 1. The van der Waals surface area contributed by atoms with E-state index >= 15 is 0 Å². The fraction of sp³-hybridized carbons (Fsp3) is 0.761. The van der Waals surface area contributed by atoms with Crippen LogP contribution in [0.3, 0.4) is 0 Å². The molecule has 0 saturated carbocycles. The van der Waals surface area contributed by atoms with Gasteiger partial charge in [0.15, 0.2) is 0 Å². The first kappa shape index (κ1) is 72.3. The van der Waals surface area contributed by atoms with E-state index in [-0.39, 0.29) is 12.5 Å². The first-order valence-electron chi connectivity index (χ1n) is 33.0. The van der Waals surface area contributed by atoms with Gasteiger partial charge in [-0.1, -0.05) is 342 Å². The molecule has 2 unspecified atom stereocenters. The lowest BCUT2D eigenvalue weighted by Crippen LogP contribution is -2.45. The number of allylic oxidation sites excluding steroid dienone is 15. The summed E-state index contributed by atoms with van der Waals surface area (Å²) in [5.74, 6) is -0.0629. The minimum atomic E-state index is -0.845. The van der Waals surface area contributed by atoms with Gasteiger partial charge >= 0.3 is 0 Å². The van der Waals surface area contributed by atoms with Crippen molar-refractivity contribution >= 4 is 5.91 Å². The lowest BCUT2D eigenvalue weighted by Gasteiger charge is -2.20. The van der Waals surface area contributed by atoms with Gasteiger partial charge in [-0.15, -0.1) is 0 Å². The number of rotatable bonds is 60. The number of amides is 1. The molecule has 3 N–H and O–H groups in total. The van der Waals surface area contributed by atoms with E-state index in [1.807, 2.05) is 6.08 Å². The van der Waals surface area contributed by atoms with Crippen LogP contribution in [0, 0.1) is 0 Å². The molecule has 2 atom stereocenters. The third-order valence-corrected chi connectivity index (χ3v) is 14.8. The zero-order valence-electron chi connectivity index (χ0n) is 50.1. The van der Waals surface area contributed by atoms with Gasteiger partial charge in [0.2, 0.25) is 5.91 Å². The highest BCUT2D eigenvalue weighted by Crippen LogP contribution is 2.18. The summed E-state index contributed by atoms with van der Waals surface area (Å²) < 4.78 is 0. The van der Waals surface area contributed by atoms with Crippen LogP contribution in [-0.4, -0.2) is 34.9 Å². The number of unbranched alkanes of at least 4 members (excludes halogenated alkanes) is 39. The Balaban J connectivity index is 3.50. The quantitative estimate of drug-likeness (QED) is 0.0420. The second-order valence-corrected chi connectivity index (χ2v) is 22.2. The van der Waals surface area contributed by atoms with E-state index in [0.29, 0.717) is 6.42 Å². The van der Waals surface area contributed by atoms with Crippen LogP contribution in [0.5, 0.6) is 0 Å². The predicted molar refractivity (Wildman–Crippen MR) is 336 cm³/mol. The average Bonchev–Trinajstić information content (AvgIpc) is 3.41.